The first-order valence-corrected chi connectivity index (χ1v) is 10.4. The standard InChI is InChI=1S/C20H37N5O.HI/c1-5-11-25-12-9-17(10-13-25)23-20(21-8-4)22-15-18-14-19(24-26-18)16(6-2)7-3;/h14,16-17H,5-13,15H2,1-4H3,(H2,21,22,23);1H. The number of guanidine groups is 1. The van der Waals surface area contributed by atoms with E-state index in [-0.39, 0.29) is 24.0 Å². The molecule has 1 fully saturated rings. The van der Waals surface area contributed by atoms with Crippen LogP contribution in [-0.2, 0) is 6.54 Å². The Morgan fingerprint density at radius 1 is 1.26 bits per heavy atom. The van der Waals surface area contributed by atoms with Gasteiger partial charge in [0.25, 0.3) is 0 Å². The molecule has 0 radical (unpaired) electrons. The van der Waals surface area contributed by atoms with Gasteiger partial charge >= 0.3 is 0 Å². The Balaban J connectivity index is 0.00000364. The van der Waals surface area contributed by atoms with Gasteiger partial charge in [0.15, 0.2) is 11.7 Å². The van der Waals surface area contributed by atoms with E-state index in [9.17, 15) is 0 Å². The van der Waals surface area contributed by atoms with Crippen LogP contribution in [0.25, 0.3) is 0 Å². The molecule has 2 N–H and O–H groups in total. The van der Waals surface area contributed by atoms with Crippen molar-refractivity contribution in [3.05, 3.63) is 17.5 Å². The third-order valence-electron chi connectivity index (χ3n) is 5.19. The summed E-state index contributed by atoms with van der Waals surface area (Å²) in [7, 11) is 0. The molecule has 156 valence electrons. The van der Waals surface area contributed by atoms with Crippen molar-refractivity contribution in [1.82, 2.24) is 20.7 Å². The Labute approximate surface area is 181 Å². The molecular weight excluding hydrogens is 453 g/mol. The van der Waals surface area contributed by atoms with Crippen molar-refractivity contribution in [2.24, 2.45) is 4.99 Å². The normalized spacial score (nSPS) is 16.4. The number of aromatic nitrogens is 1. The van der Waals surface area contributed by atoms with Gasteiger partial charge in [-0.25, -0.2) is 4.99 Å². The Morgan fingerprint density at radius 3 is 2.56 bits per heavy atom. The van der Waals surface area contributed by atoms with Crippen LogP contribution in [0.5, 0.6) is 0 Å². The maximum Gasteiger partial charge on any atom is 0.191 e. The summed E-state index contributed by atoms with van der Waals surface area (Å²) in [6, 6.07) is 2.56. The summed E-state index contributed by atoms with van der Waals surface area (Å²) >= 11 is 0. The van der Waals surface area contributed by atoms with E-state index in [4.69, 9.17) is 9.52 Å². The predicted molar refractivity (Wildman–Crippen MR) is 123 cm³/mol. The van der Waals surface area contributed by atoms with Gasteiger partial charge in [-0.1, -0.05) is 25.9 Å². The van der Waals surface area contributed by atoms with E-state index in [0.717, 1.165) is 36.8 Å². The summed E-state index contributed by atoms with van der Waals surface area (Å²) in [6.45, 7) is 13.7. The van der Waals surface area contributed by atoms with Gasteiger partial charge in [0.1, 0.15) is 6.54 Å². The number of piperidine rings is 1. The number of nitrogens with zero attached hydrogens (tertiary/aromatic N) is 3. The third kappa shape index (κ3) is 7.97. The second-order valence-electron chi connectivity index (χ2n) is 7.19. The average molecular weight is 491 g/mol. The predicted octanol–water partition coefficient (Wildman–Crippen LogP) is 4.13. The first-order valence-electron chi connectivity index (χ1n) is 10.4. The number of aliphatic imine (C=N–C) groups is 1. The summed E-state index contributed by atoms with van der Waals surface area (Å²) in [6.07, 6.45) is 5.76. The molecule has 0 atom stereocenters. The van der Waals surface area contributed by atoms with Gasteiger partial charge in [0, 0.05) is 37.7 Å². The van der Waals surface area contributed by atoms with E-state index in [1.165, 1.54) is 38.9 Å². The zero-order valence-electron chi connectivity index (χ0n) is 17.5. The highest BCUT2D eigenvalue weighted by molar-refractivity contribution is 14.0. The SMILES string of the molecule is CCCN1CCC(NC(=NCc2cc(C(CC)CC)no2)NCC)CC1.I. The van der Waals surface area contributed by atoms with Crippen molar-refractivity contribution in [2.75, 3.05) is 26.2 Å². The summed E-state index contributed by atoms with van der Waals surface area (Å²) < 4.78 is 5.49. The summed E-state index contributed by atoms with van der Waals surface area (Å²) in [5, 5.41) is 11.2. The molecule has 0 amide bonds. The van der Waals surface area contributed by atoms with E-state index >= 15 is 0 Å². The lowest BCUT2D eigenvalue weighted by molar-refractivity contribution is 0.206. The van der Waals surface area contributed by atoms with Gasteiger partial charge in [-0.05, 0) is 45.6 Å². The molecule has 0 aromatic carbocycles. The highest BCUT2D eigenvalue weighted by atomic mass is 127. The fourth-order valence-electron chi connectivity index (χ4n) is 3.59. The molecule has 0 saturated carbocycles. The Bertz CT molecular complexity index is 536. The largest absolute Gasteiger partial charge is 0.359 e. The topological polar surface area (TPSA) is 65.7 Å². The van der Waals surface area contributed by atoms with Crippen LogP contribution in [0.1, 0.15) is 77.2 Å². The highest BCUT2D eigenvalue weighted by Gasteiger charge is 2.19. The molecule has 0 spiro atoms. The van der Waals surface area contributed by atoms with Crippen molar-refractivity contribution in [3.8, 4) is 0 Å². The van der Waals surface area contributed by atoms with E-state index < -0.39 is 0 Å². The number of rotatable bonds is 9. The van der Waals surface area contributed by atoms with Crippen molar-refractivity contribution in [1.29, 1.82) is 0 Å². The maximum atomic E-state index is 5.49. The van der Waals surface area contributed by atoms with E-state index in [1.807, 2.05) is 0 Å². The van der Waals surface area contributed by atoms with Crippen LogP contribution < -0.4 is 10.6 Å². The van der Waals surface area contributed by atoms with E-state index in [0.29, 0.717) is 18.5 Å². The molecule has 2 rings (SSSR count). The van der Waals surface area contributed by atoms with Gasteiger partial charge in [0.05, 0.1) is 5.69 Å². The molecule has 0 aliphatic carbocycles. The number of hydrogen-bond donors (Lipinski definition) is 2. The molecule has 1 saturated heterocycles. The van der Waals surface area contributed by atoms with Crippen molar-refractivity contribution in [3.63, 3.8) is 0 Å². The average Bonchev–Trinajstić information content (AvgIpc) is 3.11. The minimum Gasteiger partial charge on any atom is -0.359 e. The van der Waals surface area contributed by atoms with Crippen molar-refractivity contribution >= 4 is 29.9 Å². The Hall–Kier alpha value is -0.830. The van der Waals surface area contributed by atoms with Gasteiger partial charge in [-0.15, -0.1) is 24.0 Å². The maximum absolute atomic E-state index is 5.49. The molecule has 0 unspecified atom stereocenters. The Kier molecular flexibility index (Phi) is 12.0. The van der Waals surface area contributed by atoms with Gasteiger partial charge in [-0.3, -0.25) is 0 Å². The number of halogens is 1. The van der Waals surface area contributed by atoms with Crippen LogP contribution in [0.4, 0.5) is 0 Å². The van der Waals surface area contributed by atoms with Crippen LogP contribution in [0.15, 0.2) is 15.6 Å². The quantitative estimate of drug-likeness (QED) is 0.309. The lowest BCUT2D eigenvalue weighted by Crippen LogP contribution is -2.48. The summed E-state index contributed by atoms with van der Waals surface area (Å²) in [4.78, 5) is 7.26. The summed E-state index contributed by atoms with van der Waals surface area (Å²) in [5.74, 6) is 2.19. The van der Waals surface area contributed by atoms with Crippen LogP contribution in [-0.4, -0.2) is 48.2 Å². The van der Waals surface area contributed by atoms with Crippen molar-refractivity contribution < 1.29 is 4.52 Å². The smallest absolute Gasteiger partial charge is 0.191 e. The number of nitrogens with one attached hydrogen (secondary N) is 2. The van der Waals surface area contributed by atoms with Gasteiger partial charge in [-0.2, -0.15) is 0 Å². The zero-order chi connectivity index (χ0) is 18.8. The minimum atomic E-state index is 0. The van der Waals surface area contributed by atoms with Crippen LogP contribution in [0.2, 0.25) is 0 Å². The van der Waals surface area contributed by atoms with Gasteiger partial charge in [0.2, 0.25) is 0 Å². The molecule has 1 aliphatic heterocycles. The van der Waals surface area contributed by atoms with Gasteiger partial charge < -0.3 is 20.1 Å². The lowest BCUT2D eigenvalue weighted by Gasteiger charge is -2.32. The first kappa shape index (κ1) is 24.2. The second kappa shape index (κ2) is 13.4. The van der Waals surface area contributed by atoms with Crippen LogP contribution in [0, 0.1) is 0 Å². The molecule has 2 heterocycles. The molecule has 27 heavy (non-hydrogen) atoms. The molecule has 1 aromatic rings. The van der Waals surface area contributed by atoms with Crippen molar-refractivity contribution in [2.45, 2.75) is 78.3 Å². The number of hydrogen-bond acceptors (Lipinski definition) is 4. The highest BCUT2D eigenvalue weighted by Crippen LogP contribution is 2.22. The van der Waals surface area contributed by atoms with E-state index in [2.05, 4.69) is 54.5 Å². The minimum absolute atomic E-state index is 0. The molecule has 6 nitrogen and oxygen atoms in total. The fourth-order valence-corrected chi connectivity index (χ4v) is 3.59. The summed E-state index contributed by atoms with van der Waals surface area (Å²) in [5.41, 5.74) is 1.06. The number of likely N-dealkylation sites (tertiary alicyclic amines) is 1. The fraction of sp³-hybridized carbons (Fsp3) is 0.800. The molecule has 1 aromatic heterocycles. The third-order valence-corrected chi connectivity index (χ3v) is 5.19. The molecule has 7 heteroatoms. The second-order valence-corrected chi connectivity index (χ2v) is 7.19. The Morgan fingerprint density at radius 2 is 1.96 bits per heavy atom. The zero-order valence-corrected chi connectivity index (χ0v) is 19.8. The molecule has 1 aliphatic rings. The molecular formula is C20H38IN5O. The first-order chi connectivity index (χ1) is 12.7. The lowest BCUT2D eigenvalue weighted by atomic mass is 9.99. The van der Waals surface area contributed by atoms with Crippen LogP contribution >= 0.6 is 24.0 Å². The molecule has 0 bridgehead atoms. The van der Waals surface area contributed by atoms with E-state index in [1.54, 1.807) is 0 Å². The monoisotopic (exact) mass is 491 g/mol. The van der Waals surface area contributed by atoms with Crippen LogP contribution in [0.3, 0.4) is 0 Å².